The van der Waals surface area contributed by atoms with Crippen LogP contribution in [0.5, 0.6) is 0 Å². The van der Waals surface area contributed by atoms with E-state index in [4.69, 9.17) is 9.84 Å². The van der Waals surface area contributed by atoms with E-state index in [0.29, 0.717) is 12.0 Å². The van der Waals surface area contributed by atoms with E-state index in [0.717, 1.165) is 65.0 Å². The first-order valence-electron chi connectivity index (χ1n) is 7.96. The minimum atomic E-state index is -0.619. The summed E-state index contributed by atoms with van der Waals surface area (Å²) in [6, 6.07) is 0. The van der Waals surface area contributed by atoms with Crippen molar-refractivity contribution in [2.45, 2.75) is 38.7 Å². The summed E-state index contributed by atoms with van der Waals surface area (Å²) >= 11 is 0. The van der Waals surface area contributed by atoms with Gasteiger partial charge in [0, 0.05) is 19.6 Å². The number of rotatable bonds is 6. The second-order valence-electron chi connectivity index (χ2n) is 6.10. The molecule has 1 saturated carbocycles. The molecule has 5 heteroatoms. The van der Waals surface area contributed by atoms with Crippen LogP contribution in [0, 0.1) is 11.8 Å². The molecule has 20 heavy (non-hydrogen) atoms. The van der Waals surface area contributed by atoms with E-state index in [-0.39, 0.29) is 5.92 Å². The molecule has 0 aromatic carbocycles. The summed E-state index contributed by atoms with van der Waals surface area (Å²) in [4.78, 5) is 13.3. The molecule has 1 aliphatic carbocycles. The summed E-state index contributed by atoms with van der Waals surface area (Å²) in [7, 11) is 0. The average molecular weight is 284 g/mol. The second-order valence-corrected chi connectivity index (χ2v) is 6.10. The number of morpholine rings is 1. The van der Waals surface area contributed by atoms with E-state index in [9.17, 15) is 4.79 Å². The van der Waals surface area contributed by atoms with Crippen molar-refractivity contribution < 1.29 is 14.6 Å². The van der Waals surface area contributed by atoms with E-state index >= 15 is 0 Å². The summed E-state index contributed by atoms with van der Waals surface area (Å²) < 4.78 is 5.77. The summed E-state index contributed by atoms with van der Waals surface area (Å²) in [6.45, 7) is 8.11. The van der Waals surface area contributed by atoms with Gasteiger partial charge in [0.15, 0.2) is 0 Å². The van der Waals surface area contributed by atoms with E-state index in [2.05, 4.69) is 17.1 Å². The zero-order valence-electron chi connectivity index (χ0n) is 12.5. The third-order valence-electron chi connectivity index (χ3n) is 4.67. The van der Waals surface area contributed by atoms with Gasteiger partial charge in [0.25, 0.3) is 0 Å². The Hall–Kier alpha value is -0.650. The van der Waals surface area contributed by atoms with Crippen LogP contribution < -0.4 is 5.32 Å². The van der Waals surface area contributed by atoms with Crippen molar-refractivity contribution in [2.24, 2.45) is 11.8 Å². The fourth-order valence-electron chi connectivity index (χ4n) is 3.25. The van der Waals surface area contributed by atoms with Crippen LogP contribution in [0.25, 0.3) is 0 Å². The Balaban J connectivity index is 1.58. The van der Waals surface area contributed by atoms with Gasteiger partial charge in [-0.05, 0) is 44.7 Å². The van der Waals surface area contributed by atoms with Gasteiger partial charge in [0.05, 0.1) is 18.6 Å². The Morgan fingerprint density at radius 3 is 2.70 bits per heavy atom. The van der Waals surface area contributed by atoms with E-state index in [1.165, 1.54) is 0 Å². The Morgan fingerprint density at radius 2 is 2.05 bits per heavy atom. The molecular weight excluding hydrogens is 256 g/mol. The standard InChI is InChI=1S/C15H28N2O3/c1-2-17-7-8-20-14(11-17)10-16-9-12-3-5-13(6-4-12)15(18)19/h12-14,16H,2-11H2,1H3,(H,18,19). The van der Waals surface area contributed by atoms with Gasteiger partial charge in [0.2, 0.25) is 0 Å². The maximum absolute atomic E-state index is 10.9. The molecule has 1 saturated heterocycles. The van der Waals surface area contributed by atoms with Crippen LogP contribution in [0.4, 0.5) is 0 Å². The SMILES string of the molecule is CCN1CCOC(CNCC2CCC(C(=O)O)CC2)C1. The van der Waals surface area contributed by atoms with Crippen LogP contribution in [-0.2, 0) is 9.53 Å². The van der Waals surface area contributed by atoms with Crippen molar-refractivity contribution in [2.75, 3.05) is 39.3 Å². The number of ether oxygens (including phenoxy) is 1. The molecule has 5 nitrogen and oxygen atoms in total. The summed E-state index contributed by atoms with van der Waals surface area (Å²) in [5.74, 6) is -0.0887. The molecule has 116 valence electrons. The zero-order chi connectivity index (χ0) is 14.4. The number of nitrogens with zero attached hydrogens (tertiary/aromatic N) is 1. The molecule has 1 atom stereocenters. The minimum absolute atomic E-state index is 0.106. The molecule has 0 aromatic rings. The van der Waals surface area contributed by atoms with Gasteiger partial charge in [-0.1, -0.05) is 6.92 Å². The first-order chi connectivity index (χ1) is 9.69. The highest BCUT2D eigenvalue weighted by atomic mass is 16.5. The maximum Gasteiger partial charge on any atom is 0.306 e. The second kappa shape index (κ2) is 7.96. The maximum atomic E-state index is 10.9. The molecular formula is C15H28N2O3. The number of hydrogen-bond acceptors (Lipinski definition) is 4. The molecule has 0 amide bonds. The molecule has 0 bridgehead atoms. The van der Waals surface area contributed by atoms with Crippen LogP contribution in [0.3, 0.4) is 0 Å². The predicted molar refractivity (Wildman–Crippen MR) is 77.8 cm³/mol. The predicted octanol–water partition coefficient (Wildman–Crippen LogP) is 1.19. The van der Waals surface area contributed by atoms with E-state index in [1.807, 2.05) is 0 Å². The number of likely N-dealkylation sites (N-methyl/N-ethyl adjacent to an activating group) is 1. The highest BCUT2D eigenvalue weighted by Gasteiger charge is 2.26. The van der Waals surface area contributed by atoms with Crippen molar-refractivity contribution >= 4 is 5.97 Å². The van der Waals surface area contributed by atoms with Crippen LogP contribution in [0.2, 0.25) is 0 Å². The van der Waals surface area contributed by atoms with Gasteiger partial charge in [-0.15, -0.1) is 0 Å². The Labute approximate surface area is 121 Å². The first-order valence-corrected chi connectivity index (χ1v) is 7.96. The topological polar surface area (TPSA) is 61.8 Å². The van der Waals surface area contributed by atoms with Crippen molar-refractivity contribution in [3.05, 3.63) is 0 Å². The molecule has 1 heterocycles. The number of aliphatic carboxylic acids is 1. The van der Waals surface area contributed by atoms with Gasteiger partial charge in [0.1, 0.15) is 0 Å². The Morgan fingerprint density at radius 1 is 1.30 bits per heavy atom. The number of carboxylic acids is 1. The van der Waals surface area contributed by atoms with Crippen molar-refractivity contribution in [3.8, 4) is 0 Å². The van der Waals surface area contributed by atoms with Crippen LogP contribution in [0.15, 0.2) is 0 Å². The lowest BCUT2D eigenvalue weighted by Crippen LogP contribution is -2.47. The summed E-state index contributed by atoms with van der Waals surface area (Å²) in [5, 5.41) is 12.5. The van der Waals surface area contributed by atoms with Gasteiger partial charge >= 0.3 is 5.97 Å². The molecule has 1 aliphatic heterocycles. The van der Waals surface area contributed by atoms with Crippen LogP contribution in [-0.4, -0.2) is 61.4 Å². The number of hydrogen-bond donors (Lipinski definition) is 2. The molecule has 0 aromatic heterocycles. The highest BCUT2D eigenvalue weighted by Crippen LogP contribution is 2.28. The monoisotopic (exact) mass is 284 g/mol. The summed E-state index contributed by atoms with van der Waals surface area (Å²) in [5.41, 5.74) is 0. The molecule has 2 rings (SSSR count). The number of nitrogens with one attached hydrogen (secondary N) is 1. The molecule has 0 radical (unpaired) electrons. The zero-order valence-corrected chi connectivity index (χ0v) is 12.5. The lowest BCUT2D eigenvalue weighted by atomic mass is 9.82. The normalized spacial score (nSPS) is 32.1. The third-order valence-corrected chi connectivity index (χ3v) is 4.67. The minimum Gasteiger partial charge on any atom is -0.481 e. The Kier molecular flexibility index (Phi) is 6.26. The van der Waals surface area contributed by atoms with Crippen LogP contribution >= 0.6 is 0 Å². The lowest BCUT2D eigenvalue weighted by Gasteiger charge is -2.33. The third kappa shape index (κ3) is 4.72. The Bertz CT molecular complexity index is 303. The van der Waals surface area contributed by atoms with Gasteiger partial charge in [-0.3, -0.25) is 9.69 Å². The van der Waals surface area contributed by atoms with E-state index < -0.39 is 5.97 Å². The smallest absolute Gasteiger partial charge is 0.306 e. The molecule has 0 spiro atoms. The molecule has 2 aliphatic rings. The lowest BCUT2D eigenvalue weighted by molar-refractivity contribution is -0.143. The van der Waals surface area contributed by atoms with Crippen LogP contribution in [0.1, 0.15) is 32.6 Å². The van der Waals surface area contributed by atoms with Crippen molar-refractivity contribution in [1.82, 2.24) is 10.2 Å². The van der Waals surface area contributed by atoms with Gasteiger partial charge in [-0.25, -0.2) is 0 Å². The molecule has 2 N–H and O–H groups in total. The number of carbonyl (C=O) groups is 1. The van der Waals surface area contributed by atoms with Gasteiger partial charge in [-0.2, -0.15) is 0 Å². The fourth-order valence-corrected chi connectivity index (χ4v) is 3.25. The first kappa shape index (κ1) is 15.7. The highest BCUT2D eigenvalue weighted by molar-refractivity contribution is 5.69. The average Bonchev–Trinajstić information content (AvgIpc) is 2.48. The quantitative estimate of drug-likeness (QED) is 0.767. The van der Waals surface area contributed by atoms with Crippen molar-refractivity contribution in [3.63, 3.8) is 0 Å². The van der Waals surface area contributed by atoms with E-state index in [1.54, 1.807) is 0 Å². The molecule has 1 unspecified atom stereocenters. The largest absolute Gasteiger partial charge is 0.481 e. The number of carboxylic acid groups (broad SMARTS) is 1. The summed E-state index contributed by atoms with van der Waals surface area (Å²) in [6.07, 6.45) is 4.06. The van der Waals surface area contributed by atoms with Crippen molar-refractivity contribution in [1.29, 1.82) is 0 Å². The fraction of sp³-hybridized carbons (Fsp3) is 0.933. The molecule has 2 fully saturated rings. The van der Waals surface area contributed by atoms with Gasteiger partial charge < -0.3 is 15.2 Å².